The summed E-state index contributed by atoms with van der Waals surface area (Å²) in [7, 11) is 0. The van der Waals surface area contributed by atoms with Gasteiger partial charge in [-0.25, -0.2) is 9.97 Å². The Morgan fingerprint density at radius 1 is 1.15 bits per heavy atom. The van der Waals surface area contributed by atoms with E-state index in [2.05, 4.69) is 69.9 Å². The number of aliphatic hydroxyl groups excluding tert-OH is 1. The van der Waals surface area contributed by atoms with Crippen molar-refractivity contribution in [1.82, 2.24) is 14.5 Å². The molecule has 0 aliphatic carbocycles. The normalized spacial score (nSPS) is 12.6. The van der Waals surface area contributed by atoms with Crippen LogP contribution in [0.25, 0.3) is 16.7 Å². The van der Waals surface area contributed by atoms with Crippen LogP contribution in [0.1, 0.15) is 35.9 Å². The Bertz CT molecular complexity index is 937. The van der Waals surface area contributed by atoms with Gasteiger partial charge in [-0.15, -0.1) is 0 Å². The van der Waals surface area contributed by atoms with Gasteiger partial charge in [0, 0.05) is 10.7 Å². The predicted octanol–water partition coefficient (Wildman–Crippen LogP) is 4.60. The van der Waals surface area contributed by atoms with Crippen LogP contribution in [0.15, 0.2) is 22.8 Å². The molecule has 0 aliphatic rings. The van der Waals surface area contributed by atoms with Crippen LogP contribution in [0.2, 0.25) is 0 Å². The SMILES string of the molecule is CCC(CO)Nc1nc(C)nc2c1c(C)cn2-c1c(C)cc(C)cc1Br. The smallest absolute Gasteiger partial charge is 0.150 e. The second-order valence-electron chi connectivity index (χ2n) is 6.84. The van der Waals surface area contributed by atoms with Crippen molar-refractivity contribution in [2.45, 2.75) is 47.1 Å². The maximum atomic E-state index is 9.56. The van der Waals surface area contributed by atoms with Crippen molar-refractivity contribution in [1.29, 1.82) is 0 Å². The number of rotatable bonds is 5. The average molecular weight is 417 g/mol. The minimum atomic E-state index is -0.0249. The third-order valence-corrected chi connectivity index (χ3v) is 5.24. The number of benzene rings is 1. The molecule has 2 heterocycles. The molecule has 0 saturated carbocycles. The predicted molar refractivity (Wildman–Crippen MR) is 110 cm³/mol. The van der Waals surface area contributed by atoms with E-state index in [4.69, 9.17) is 4.98 Å². The zero-order valence-electron chi connectivity index (χ0n) is 15.9. The number of nitrogens with one attached hydrogen (secondary N) is 1. The number of aliphatic hydroxyl groups is 1. The van der Waals surface area contributed by atoms with E-state index >= 15 is 0 Å². The van der Waals surface area contributed by atoms with Gasteiger partial charge in [0.15, 0.2) is 5.65 Å². The molecule has 1 atom stereocenters. The van der Waals surface area contributed by atoms with Crippen LogP contribution < -0.4 is 5.32 Å². The summed E-state index contributed by atoms with van der Waals surface area (Å²) >= 11 is 3.72. The molecule has 0 bridgehead atoms. The fraction of sp³-hybridized carbons (Fsp3) is 0.400. The highest BCUT2D eigenvalue weighted by molar-refractivity contribution is 9.10. The molecule has 0 spiro atoms. The first-order valence-electron chi connectivity index (χ1n) is 8.86. The van der Waals surface area contributed by atoms with Crippen LogP contribution in [-0.2, 0) is 0 Å². The van der Waals surface area contributed by atoms with E-state index in [1.54, 1.807) is 0 Å². The van der Waals surface area contributed by atoms with E-state index in [0.29, 0.717) is 5.82 Å². The molecule has 0 fully saturated rings. The Balaban J connectivity index is 2.26. The van der Waals surface area contributed by atoms with Gasteiger partial charge in [0.2, 0.25) is 0 Å². The monoisotopic (exact) mass is 416 g/mol. The molecular formula is C20H25BrN4O. The van der Waals surface area contributed by atoms with Crippen molar-refractivity contribution < 1.29 is 5.11 Å². The Morgan fingerprint density at radius 3 is 2.50 bits per heavy atom. The zero-order chi connectivity index (χ0) is 19.0. The molecule has 0 amide bonds. The maximum Gasteiger partial charge on any atom is 0.150 e. The van der Waals surface area contributed by atoms with Crippen molar-refractivity contribution in [3.63, 3.8) is 0 Å². The van der Waals surface area contributed by atoms with Crippen LogP contribution in [0.3, 0.4) is 0 Å². The maximum absolute atomic E-state index is 9.56. The molecule has 3 rings (SSSR count). The summed E-state index contributed by atoms with van der Waals surface area (Å²) in [6.45, 7) is 10.3. The van der Waals surface area contributed by atoms with Crippen molar-refractivity contribution in [3.8, 4) is 5.69 Å². The number of fused-ring (bicyclic) bond motifs is 1. The Kier molecular flexibility index (Phi) is 5.34. The van der Waals surface area contributed by atoms with E-state index in [-0.39, 0.29) is 12.6 Å². The minimum absolute atomic E-state index is 0.0249. The second-order valence-corrected chi connectivity index (χ2v) is 7.70. The second kappa shape index (κ2) is 7.37. The molecule has 6 heteroatoms. The highest BCUT2D eigenvalue weighted by atomic mass is 79.9. The fourth-order valence-electron chi connectivity index (χ4n) is 3.37. The van der Waals surface area contributed by atoms with Crippen LogP contribution in [-0.4, -0.2) is 32.3 Å². The highest BCUT2D eigenvalue weighted by Crippen LogP contribution is 2.33. The first-order valence-corrected chi connectivity index (χ1v) is 9.65. The molecule has 0 aliphatic heterocycles. The first-order chi connectivity index (χ1) is 12.3. The summed E-state index contributed by atoms with van der Waals surface area (Å²) in [4.78, 5) is 9.33. The number of halogens is 1. The Morgan fingerprint density at radius 2 is 1.88 bits per heavy atom. The van der Waals surface area contributed by atoms with Gasteiger partial charge in [-0.1, -0.05) is 13.0 Å². The Hall–Kier alpha value is -1.92. The van der Waals surface area contributed by atoms with Gasteiger partial charge in [0.1, 0.15) is 11.6 Å². The van der Waals surface area contributed by atoms with Crippen LogP contribution in [0, 0.1) is 27.7 Å². The quantitative estimate of drug-likeness (QED) is 0.637. The molecule has 2 aromatic heterocycles. The molecule has 5 nitrogen and oxygen atoms in total. The fourth-order valence-corrected chi connectivity index (χ4v) is 4.24. The minimum Gasteiger partial charge on any atom is -0.394 e. The van der Waals surface area contributed by atoms with Crippen LogP contribution in [0.4, 0.5) is 5.82 Å². The molecule has 1 unspecified atom stereocenters. The zero-order valence-corrected chi connectivity index (χ0v) is 17.5. The van der Waals surface area contributed by atoms with Gasteiger partial charge in [0.25, 0.3) is 0 Å². The van der Waals surface area contributed by atoms with E-state index in [0.717, 1.165) is 39.0 Å². The van der Waals surface area contributed by atoms with Gasteiger partial charge in [0.05, 0.1) is 23.7 Å². The summed E-state index contributed by atoms with van der Waals surface area (Å²) in [5, 5.41) is 13.9. The molecule has 2 N–H and O–H groups in total. The summed E-state index contributed by atoms with van der Waals surface area (Å²) in [5.74, 6) is 1.48. The summed E-state index contributed by atoms with van der Waals surface area (Å²) in [6, 6.07) is 4.27. The number of anilines is 1. The highest BCUT2D eigenvalue weighted by Gasteiger charge is 2.19. The third-order valence-electron chi connectivity index (χ3n) is 4.64. The molecule has 26 heavy (non-hydrogen) atoms. The molecular weight excluding hydrogens is 392 g/mol. The largest absolute Gasteiger partial charge is 0.394 e. The standard InChI is InChI=1S/C20H25BrN4O/c1-6-15(10-26)24-19-17-13(4)9-25(20(17)23-14(5)22-19)18-12(3)7-11(2)8-16(18)21/h7-9,15,26H,6,10H2,1-5H3,(H,22,23,24). The van der Waals surface area contributed by atoms with Gasteiger partial charge < -0.3 is 10.4 Å². The van der Waals surface area contributed by atoms with E-state index in [9.17, 15) is 5.11 Å². The molecule has 138 valence electrons. The number of nitrogens with zero attached hydrogens (tertiary/aromatic N) is 3. The van der Waals surface area contributed by atoms with E-state index in [1.807, 2.05) is 13.8 Å². The van der Waals surface area contributed by atoms with Gasteiger partial charge in [-0.2, -0.15) is 0 Å². The van der Waals surface area contributed by atoms with Crippen molar-refractivity contribution in [2.24, 2.45) is 0 Å². The van der Waals surface area contributed by atoms with Crippen molar-refractivity contribution in [3.05, 3.63) is 45.3 Å². The van der Waals surface area contributed by atoms with Gasteiger partial charge in [-0.3, -0.25) is 4.57 Å². The number of hydrogen-bond donors (Lipinski definition) is 2. The molecule has 3 aromatic rings. The lowest BCUT2D eigenvalue weighted by atomic mass is 10.1. The topological polar surface area (TPSA) is 63.0 Å². The van der Waals surface area contributed by atoms with E-state index < -0.39 is 0 Å². The summed E-state index contributed by atoms with van der Waals surface area (Å²) in [6.07, 6.45) is 2.93. The van der Waals surface area contributed by atoms with E-state index in [1.165, 1.54) is 11.1 Å². The lowest BCUT2D eigenvalue weighted by Gasteiger charge is -2.17. The lowest BCUT2D eigenvalue weighted by molar-refractivity contribution is 0.271. The summed E-state index contributed by atoms with van der Waals surface area (Å²) < 4.78 is 3.17. The first kappa shape index (κ1) is 18.9. The number of hydrogen-bond acceptors (Lipinski definition) is 4. The summed E-state index contributed by atoms with van der Waals surface area (Å²) in [5.41, 5.74) is 5.46. The number of aryl methyl sites for hydroxylation is 4. The molecule has 0 saturated heterocycles. The average Bonchev–Trinajstić information content (AvgIpc) is 2.88. The molecule has 0 radical (unpaired) electrons. The third kappa shape index (κ3) is 3.35. The van der Waals surface area contributed by atoms with Crippen LogP contribution >= 0.6 is 15.9 Å². The van der Waals surface area contributed by atoms with Crippen molar-refractivity contribution >= 4 is 32.8 Å². The Labute approximate surface area is 162 Å². The van der Waals surface area contributed by atoms with Gasteiger partial charge in [-0.05, 0) is 72.8 Å². The lowest BCUT2D eigenvalue weighted by Crippen LogP contribution is -2.23. The van der Waals surface area contributed by atoms with Crippen molar-refractivity contribution in [2.75, 3.05) is 11.9 Å². The van der Waals surface area contributed by atoms with Gasteiger partial charge >= 0.3 is 0 Å². The molecule has 1 aromatic carbocycles. The van der Waals surface area contributed by atoms with Crippen LogP contribution in [0.5, 0.6) is 0 Å². The number of aromatic nitrogens is 3.